The van der Waals surface area contributed by atoms with E-state index in [0.29, 0.717) is 29.5 Å². The first kappa shape index (κ1) is 16.0. The van der Waals surface area contributed by atoms with Gasteiger partial charge in [0, 0.05) is 6.54 Å². The Bertz CT molecular complexity index is 680. The maximum Gasteiger partial charge on any atom is 0.273 e. The molecule has 5 nitrogen and oxygen atoms in total. The van der Waals surface area contributed by atoms with Gasteiger partial charge in [0.25, 0.3) is 5.91 Å². The van der Waals surface area contributed by atoms with Crippen LogP contribution < -0.4 is 5.32 Å². The Balaban J connectivity index is 1.68. The number of rotatable bonds is 4. The summed E-state index contributed by atoms with van der Waals surface area (Å²) in [6.07, 6.45) is 2.29. The number of amides is 1. The smallest absolute Gasteiger partial charge is 0.273 e. The molecule has 0 atom stereocenters. The van der Waals surface area contributed by atoms with E-state index in [-0.39, 0.29) is 11.7 Å². The minimum atomic E-state index is -0.310. The molecule has 1 amide bonds. The molecule has 3 rings (SSSR count). The minimum absolute atomic E-state index is 0.200. The van der Waals surface area contributed by atoms with Crippen molar-refractivity contribution >= 4 is 17.7 Å². The second kappa shape index (κ2) is 7.12. The lowest BCUT2D eigenvalue weighted by Gasteiger charge is -2.21. The summed E-state index contributed by atoms with van der Waals surface area (Å²) in [6.45, 7) is 2.47. The number of carbonyl (C=O) groups excluding carboxylic acids is 1. The number of halogens is 1. The quantitative estimate of drug-likeness (QED) is 0.934. The van der Waals surface area contributed by atoms with Gasteiger partial charge in [-0.15, -0.1) is 5.10 Å². The van der Waals surface area contributed by atoms with Crippen molar-refractivity contribution < 1.29 is 9.18 Å². The zero-order valence-corrected chi connectivity index (χ0v) is 13.8. The van der Waals surface area contributed by atoms with Crippen molar-refractivity contribution in [3.63, 3.8) is 0 Å². The van der Waals surface area contributed by atoms with E-state index in [2.05, 4.69) is 15.6 Å². The predicted octanol–water partition coefficient (Wildman–Crippen LogP) is 2.59. The van der Waals surface area contributed by atoms with Gasteiger partial charge >= 0.3 is 0 Å². The number of hydrogen-bond donors (Lipinski definition) is 1. The van der Waals surface area contributed by atoms with Gasteiger partial charge in [-0.3, -0.25) is 4.79 Å². The van der Waals surface area contributed by atoms with Crippen LogP contribution >= 0.6 is 11.8 Å². The van der Waals surface area contributed by atoms with E-state index in [1.807, 2.05) is 11.8 Å². The van der Waals surface area contributed by atoms with Crippen molar-refractivity contribution in [2.24, 2.45) is 5.92 Å². The summed E-state index contributed by atoms with van der Waals surface area (Å²) in [6, 6.07) is 5.94. The van der Waals surface area contributed by atoms with Gasteiger partial charge in [-0.1, -0.05) is 5.21 Å². The third kappa shape index (κ3) is 3.72. The highest BCUT2D eigenvalue weighted by Crippen LogP contribution is 2.22. The predicted molar refractivity (Wildman–Crippen MR) is 88.4 cm³/mol. The number of hydrogen-bond acceptors (Lipinski definition) is 4. The molecule has 0 radical (unpaired) electrons. The molecule has 0 aliphatic carbocycles. The summed E-state index contributed by atoms with van der Waals surface area (Å²) in [4.78, 5) is 12.3. The Kier molecular flexibility index (Phi) is 4.95. The zero-order chi connectivity index (χ0) is 16.2. The molecule has 1 saturated heterocycles. The SMILES string of the molecule is Cc1c(C(=O)NCC2CCSCC2)nnn1-c1ccc(F)cc1. The van der Waals surface area contributed by atoms with Gasteiger partial charge in [0.1, 0.15) is 5.82 Å². The van der Waals surface area contributed by atoms with Crippen molar-refractivity contribution in [2.75, 3.05) is 18.1 Å². The van der Waals surface area contributed by atoms with Gasteiger partial charge in [0.15, 0.2) is 5.69 Å². The second-order valence-corrected chi connectivity index (χ2v) is 6.90. The molecule has 1 fully saturated rings. The fourth-order valence-corrected chi connectivity index (χ4v) is 3.84. The normalized spacial score (nSPS) is 15.6. The van der Waals surface area contributed by atoms with E-state index >= 15 is 0 Å². The van der Waals surface area contributed by atoms with Crippen LogP contribution in [-0.2, 0) is 0 Å². The Morgan fingerprint density at radius 2 is 2.04 bits per heavy atom. The van der Waals surface area contributed by atoms with E-state index in [9.17, 15) is 9.18 Å². The van der Waals surface area contributed by atoms with Crippen LogP contribution in [0.15, 0.2) is 24.3 Å². The number of nitrogens with zero attached hydrogens (tertiary/aromatic N) is 3. The lowest BCUT2D eigenvalue weighted by atomic mass is 10.0. The summed E-state index contributed by atoms with van der Waals surface area (Å²) in [5.41, 5.74) is 1.65. The molecule has 2 heterocycles. The van der Waals surface area contributed by atoms with Crippen LogP contribution in [0, 0.1) is 18.7 Å². The van der Waals surface area contributed by atoms with Crippen molar-refractivity contribution in [3.05, 3.63) is 41.5 Å². The molecule has 1 aliphatic rings. The second-order valence-electron chi connectivity index (χ2n) is 5.68. The third-order valence-electron chi connectivity index (χ3n) is 4.07. The fraction of sp³-hybridized carbons (Fsp3) is 0.438. The molecule has 0 saturated carbocycles. The number of benzene rings is 1. The Morgan fingerprint density at radius 3 is 2.74 bits per heavy atom. The largest absolute Gasteiger partial charge is 0.350 e. The lowest BCUT2D eigenvalue weighted by Crippen LogP contribution is -2.31. The topological polar surface area (TPSA) is 59.8 Å². The highest BCUT2D eigenvalue weighted by atomic mass is 32.2. The molecule has 1 aromatic carbocycles. The number of nitrogens with one attached hydrogen (secondary N) is 1. The van der Waals surface area contributed by atoms with Crippen LogP contribution in [0.2, 0.25) is 0 Å². The van der Waals surface area contributed by atoms with E-state index in [4.69, 9.17) is 0 Å². The van der Waals surface area contributed by atoms with Gasteiger partial charge in [0.2, 0.25) is 0 Å². The summed E-state index contributed by atoms with van der Waals surface area (Å²) in [5, 5.41) is 11.0. The van der Waals surface area contributed by atoms with E-state index in [0.717, 1.165) is 12.8 Å². The average molecular weight is 334 g/mol. The molecule has 1 N–H and O–H groups in total. The van der Waals surface area contributed by atoms with Gasteiger partial charge in [-0.25, -0.2) is 9.07 Å². The summed E-state index contributed by atoms with van der Waals surface area (Å²) >= 11 is 1.97. The van der Waals surface area contributed by atoms with Gasteiger partial charge in [-0.05, 0) is 61.5 Å². The molecule has 2 aromatic rings. The van der Waals surface area contributed by atoms with Crippen molar-refractivity contribution in [1.29, 1.82) is 0 Å². The molecule has 0 unspecified atom stereocenters. The molecule has 122 valence electrons. The van der Waals surface area contributed by atoms with Crippen molar-refractivity contribution in [3.8, 4) is 5.69 Å². The van der Waals surface area contributed by atoms with Crippen LogP contribution in [0.5, 0.6) is 0 Å². The Labute approximate surface area is 138 Å². The van der Waals surface area contributed by atoms with Crippen LogP contribution in [0.4, 0.5) is 4.39 Å². The number of thioether (sulfide) groups is 1. The molecule has 0 bridgehead atoms. The van der Waals surface area contributed by atoms with Crippen LogP contribution in [-0.4, -0.2) is 39.0 Å². The first-order valence-electron chi connectivity index (χ1n) is 7.69. The Hall–Kier alpha value is -1.89. The zero-order valence-electron chi connectivity index (χ0n) is 13.0. The molecule has 0 spiro atoms. The highest BCUT2D eigenvalue weighted by Gasteiger charge is 2.19. The van der Waals surface area contributed by atoms with Gasteiger partial charge < -0.3 is 5.32 Å². The molecular formula is C16H19FN4OS. The maximum atomic E-state index is 13.0. The van der Waals surface area contributed by atoms with Crippen LogP contribution in [0.1, 0.15) is 29.0 Å². The van der Waals surface area contributed by atoms with Crippen LogP contribution in [0.25, 0.3) is 5.69 Å². The Morgan fingerprint density at radius 1 is 1.35 bits per heavy atom. The van der Waals surface area contributed by atoms with Gasteiger partial charge in [-0.2, -0.15) is 11.8 Å². The molecule has 23 heavy (non-hydrogen) atoms. The van der Waals surface area contributed by atoms with E-state index in [1.54, 1.807) is 23.7 Å². The summed E-state index contributed by atoms with van der Waals surface area (Å²) in [7, 11) is 0. The van der Waals surface area contributed by atoms with E-state index < -0.39 is 0 Å². The third-order valence-corrected chi connectivity index (χ3v) is 5.12. The first-order valence-corrected chi connectivity index (χ1v) is 8.85. The monoisotopic (exact) mass is 334 g/mol. The minimum Gasteiger partial charge on any atom is -0.350 e. The van der Waals surface area contributed by atoms with Crippen LogP contribution in [0.3, 0.4) is 0 Å². The number of aromatic nitrogens is 3. The molecule has 1 aromatic heterocycles. The van der Waals surface area contributed by atoms with Crippen molar-refractivity contribution in [2.45, 2.75) is 19.8 Å². The lowest BCUT2D eigenvalue weighted by molar-refractivity contribution is 0.0940. The first-order chi connectivity index (χ1) is 11.1. The molecule has 7 heteroatoms. The molecular weight excluding hydrogens is 315 g/mol. The highest BCUT2D eigenvalue weighted by molar-refractivity contribution is 7.99. The fourth-order valence-electron chi connectivity index (χ4n) is 2.64. The summed E-state index contributed by atoms with van der Waals surface area (Å²) in [5.74, 6) is 2.37. The maximum absolute atomic E-state index is 13.0. The summed E-state index contributed by atoms with van der Waals surface area (Å²) < 4.78 is 14.5. The number of carbonyl (C=O) groups is 1. The van der Waals surface area contributed by atoms with Gasteiger partial charge in [0.05, 0.1) is 11.4 Å². The van der Waals surface area contributed by atoms with Crippen molar-refractivity contribution in [1.82, 2.24) is 20.3 Å². The van der Waals surface area contributed by atoms with E-state index in [1.165, 1.54) is 23.6 Å². The molecule has 1 aliphatic heterocycles. The average Bonchev–Trinajstić information content (AvgIpc) is 2.96. The standard InChI is InChI=1S/C16H19FN4OS/c1-11-15(16(22)18-10-12-6-8-23-9-7-12)19-20-21(11)14-4-2-13(17)3-5-14/h2-5,12H,6-10H2,1H3,(H,18,22).